The lowest BCUT2D eigenvalue weighted by Gasteiger charge is -2.02. The van der Waals surface area contributed by atoms with Gasteiger partial charge in [-0.2, -0.15) is 0 Å². The Morgan fingerprint density at radius 2 is 2.12 bits per heavy atom. The molecule has 7 nitrogen and oxygen atoms in total. The Kier molecular flexibility index (Phi) is 5.97. The van der Waals surface area contributed by atoms with E-state index in [1.54, 1.807) is 13.2 Å². The molecule has 24 heavy (non-hydrogen) atoms. The van der Waals surface area contributed by atoms with Crippen molar-refractivity contribution in [1.82, 2.24) is 10.5 Å². The summed E-state index contributed by atoms with van der Waals surface area (Å²) in [6.45, 7) is 0.368. The van der Waals surface area contributed by atoms with E-state index in [2.05, 4.69) is 10.5 Å². The summed E-state index contributed by atoms with van der Waals surface area (Å²) >= 11 is 0. The van der Waals surface area contributed by atoms with Gasteiger partial charge < -0.3 is 14.6 Å². The van der Waals surface area contributed by atoms with Gasteiger partial charge in [-0.25, -0.2) is 8.42 Å². The van der Waals surface area contributed by atoms with E-state index in [4.69, 9.17) is 9.26 Å². The first-order valence-electron chi connectivity index (χ1n) is 7.42. The maximum atomic E-state index is 11.5. The molecule has 0 aliphatic heterocycles. The van der Waals surface area contributed by atoms with Crippen molar-refractivity contribution in [3.8, 4) is 17.1 Å². The van der Waals surface area contributed by atoms with Gasteiger partial charge in [-0.05, 0) is 12.1 Å². The molecule has 0 saturated carbocycles. The lowest BCUT2D eigenvalue weighted by Crippen LogP contribution is -2.27. The van der Waals surface area contributed by atoms with Crippen LogP contribution in [-0.2, 0) is 21.1 Å². The van der Waals surface area contributed by atoms with Crippen LogP contribution in [0.25, 0.3) is 11.3 Å². The normalized spacial score (nSPS) is 11.2. The molecule has 1 N–H and O–H groups in total. The summed E-state index contributed by atoms with van der Waals surface area (Å²) in [6, 6.07) is 9.24. The fourth-order valence-electron chi connectivity index (χ4n) is 2.04. The molecule has 0 saturated heterocycles. The molecule has 2 rings (SSSR count). The lowest BCUT2D eigenvalue weighted by atomic mass is 10.1. The fraction of sp³-hybridized carbons (Fsp3) is 0.375. The Morgan fingerprint density at radius 3 is 2.83 bits per heavy atom. The molecule has 1 amide bonds. The molecule has 8 heteroatoms. The minimum Gasteiger partial charge on any atom is -0.497 e. The summed E-state index contributed by atoms with van der Waals surface area (Å²) < 4.78 is 32.5. The number of carbonyl (C=O) groups excluding carboxylic acids is 1. The van der Waals surface area contributed by atoms with Crippen LogP contribution < -0.4 is 10.1 Å². The first-order valence-corrected chi connectivity index (χ1v) is 9.48. The molecule has 0 aliphatic rings. The number of nitrogens with one attached hydrogen (secondary N) is 1. The van der Waals surface area contributed by atoms with Crippen LogP contribution in [0.15, 0.2) is 34.9 Å². The second kappa shape index (κ2) is 7.96. The van der Waals surface area contributed by atoms with E-state index in [0.717, 1.165) is 17.6 Å². The van der Waals surface area contributed by atoms with E-state index in [0.29, 0.717) is 24.4 Å². The molecule has 0 fully saturated rings. The Morgan fingerprint density at radius 1 is 1.33 bits per heavy atom. The van der Waals surface area contributed by atoms with Crippen molar-refractivity contribution < 1.29 is 22.5 Å². The highest BCUT2D eigenvalue weighted by molar-refractivity contribution is 7.90. The number of carbonyl (C=O) groups is 1. The molecule has 1 heterocycles. The zero-order valence-electron chi connectivity index (χ0n) is 13.6. The van der Waals surface area contributed by atoms with E-state index in [9.17, 15) is 13.2 Å². The number of methoxy groups -OCH3 is 1. The van der Waals surface area contributed by atoms with Crippen LogP contribution in [0, 0.1) is 0 Å². The number of nitrogens with zero attached hydrogens (tertiary/aromatic N) is 1. The van der Waals surface area contributed by atoms with Crippen LogP contribution in [-0.4, -0.2) is 45.1 Å². The van der Waals surface area contributed by atoms with Crippen molar-refractivity contribution in [2.24, 2.45) is 0 Å². The topological polar surface area (TPSA) is 98.5 Å². The Balaban J connectivity index is 1.84. The smallest absolute Gasteiger partial charge is 0.221 e. The minimum absolute atomic E-state index is 0.0350. The molecular weight excluding hydrogens is 332 g/mol. The summed E-state index contributed by atoms with van der Waals surface area (Å²) in [5.41, 5.74) is 1.56. The van der Waals surface area contributed by atoms with Crippen molar-refractivity contribution in [2.45, 2.75) is 12.8 Å². The Bertz CT molecular complexity index is 798. The number of rotatable bonds is 8. The monoisotopic (exact) mass is 352 g/mol. The van der Waals surface area contributed by atoms with Gasteiger partial charge in [0.2, 0.25) is 5.91 Å². The predicted octanol–water partition coefficient (Wildman–Crippen LogP) is 1.44. The summed E-state index contributed by atoms with van der Waals surface area (Å²) in [7, 11) is -1.53. The molecule has 2 aromatic rings. The summed E-state index contributed by atoms with van der Waals surface area (Å²) in [5.74, 6) is 0.899. The summed E-state index contributed by atoms with van der Waals surface area (Å²) in [6.07, 6.45) is 1.57. The van der Waals surface area contributed by atoms with Gasteiger partial charge in [-0.3, -0.25) is 4.79 Å². The molecule has 0 bridgehead atoms. The fourth-order valence-corrected chi connectivity index (χ4v) is 2.59. The van der Waals surface area contributed by atoms with Gasteiger partial charge in [0.1, 0.15) is 15.6 Å². The standard InChI is InChI=1S/C16H20N2O5S/c1-22-14-5-3-4-12(10-14)15-11-13(18-23-15)6-8-17-16(19)7-9-24(2,20)21/h3-5,10-11H,6-9H2,1-2H3,(H,17,19). The molecule has 0 unspecified atom stereocenters. The third-order valence-electron chi connectivity index (χ3n) is 3.32. The van der Waals surface area contributed by atoms with E-state index in [1.807, 2.05) is 24.3 Å². The predicted molar refractivity (Wildman–Crippen MR) is 89.5 cm³/mol. The second-order valence-electron chi connectivity index (χ2n) is 5.39. The average Bonchev–Trinajstić information content (AvgIpc) is 3.01. The van der Waals surface area contributed by atoms with Gasteiger partial charge in [0.05, 0.1) is 18.6 Å². The number of amides is 1. The number of hydrogen-bond donors (Lipinski definition) is 1. The number of aromatic nitrogens is 1. The third-order valence-corrected chi connectivity index (χ3v) is 4.26. The van der Waals surface area contributed by atoms with Crippen molar-refractivity contribution in [2.75, 3.05) is 25.7 Å². The van der Waals surface area contributed by atoms with E-state index in [-0.39, 0.29) is 18.1 Å². The Labute approximate surface area is 140 Å². The highest BCUT2D eigenvalue weighted by Crippen LogP contribution is 2.24. The van der Waals surface area contributed by atoms with Crippen molar-refractivity contribution in [3.05, 3.63) is 36.0 Å². The van der Waals surface area contributed by atoms with Crippen molar-refractivity contribution in [3.63, 3.8) is 0 Å². The molecule has 0 aliphatic carbocycles. The van der Waals surface area contributed by atoms with Crippen LogP contribution >= 0.6 is 0 Å². The van der Waals surface area contributed by atoms with Crippen LogP contribution in [0.4, 0.5) is 0 Å². The highest BCUT2D eigenvalue weighted by Gasteiger charge is 2.10. The van der Waals surface area contributed by atoms with Gasteiger partial charge in [-0.1, -0.05) is 17.3 Å². The van der Waals surface area contributed by atoms with E-state index < -0.39 is 9.84 Å². The van der Waals surface area contributed by atoms with Crippen LogP contribution in [0.3, 0.4) is 0 Å². The van der Waals surface area contributed by atoms with Gasteiger partial charge in [0, 0.05) is 37.3 Å². The Hall–Kier alpha value is -2.35. The van der Waals surface area contributed by atoms with Crippen molar-refractivity contribution in [1.29, 1.82) is 0 Å². The van der Waals surface area contributed by atoms with Crippen LogP contribution in [0.2, 0.25) is 0 Å². The minimum atomic E-state index is -3.13. The number of benzene rings is 1. The maximum Gasteiger partial charge on any atom is 0.221 e. The second-order valence-corrected chi connectivity index (χ2v) is 7.65. The highest BCUT2D eigenvalue weighted by atomic mass is 32.2. The molecular formula is C16H20N2O5S. The average molecular weight is 352 g/mol. The lowest BCUT2D eigenvalue weighted by molar-refractivity contribution is -0.120. The zero-order valence-corrected chi connectivity index (χ0v) is 14.4. The third kappa shape index (κ3) is 5.69. The molecule has 0 radical (unpaired) electrons. The zero-order chi connectivity index (χ0) is 17.6. The van der Waals surface area contributed by atoms with Gasteiger partial charge in [0.25, 0.3) is 0 Å². The van der Waals surface area contributed by atoms with Gasteiger partial charge in [-0.15, -0.1) is 0 Å². The first kappa shape index (κ1) is 18.0. The number of sulfone groups is 1. The van der Waals surface area contributed by atoms with Crippen molar-refractivity contribution >= 4 is 15.7 Å². The molecule has 0 spiro atoms. The summed E-state index contributed by atoms with van der Waals surface area (Å²) in [4.78, 5) is 11.5. The largest absolute Gasteiger partial charge is 0.497 e. The first-order chi connectivity index (χ1) is 11.4. The van der Waals surface area contributed by atoms with E-state index >= 15 is 0 Å². The molecule has 1 aromatic carbocycles. The quantitative estimate of drug-likeness (QED) is 0.772. The molecule has 1 aromatic heterocycles. The van der Waals surface area contributed by atoms with Crippen LogP contribution in [0.1, 0.15) is 12.1 Å². The number of hydrogen-bond acceptors (Lipinski definition) is 6. The maximum absolute atomic E-state index is 11.5. The van der Waals surface area contributed by atoms with Crippen LogP contribution in [0.5, 0.6) is 5.75 Å². The van der Waals surface area contributed by atoms with Gasteiger partial charge >= 0.3 is 0 Å². The summed E-state index contributed by atoms with van der Waals surface area (Å²) in [5, 5.41) is 6.63. The molecule has 130 valence electrons. The van der Waals surface area contributed by atoms with E-state index in [1.165, 1.54) is 0 Å². The molecule has 0 atom stereocenters. The SMILES string of the molecule is COc1cccc(-c2cc(CCNC(=O)CCS(C)(=O)=O)no2)c1. The number of ether oxygens (including phenoxy) is 1. The van der Waals surface area contributed by atoms with Gasteiger partial charge in [0.15, 0.2) is 5.76 Å².